The van der Waals surface area contributed by atoms with Crippen LogP contribution in [0.3, 0.4) is 0 Å². The molecule has 4 rings (SSSR count). The van der Waals surface area contributed by atoms with Crippen LogP contribution in [0.15, 0.2) is 60.7 Å². The topological polar surface area (TPSA) is 54.5 Å². The number of hydrogen-bond donors (Lipinski definition) is 1. The summed E-state index contributed by atoms with van der Waals surface area (Å²) in [6.07, 6.45) is 0. The minimum Gasteiger partial charge on any atom is -0.495 e. The number of anilines is 2. The van der Waals surface area contributed by atoms with Crippen molar-refractivity contribution in [1.82, 2.24) is 9.88 Å². The molecule has 1 N–H and O–H groups in total. The Morgan fingerprint density at radius 1 is 1.07 bits per heavy atom. The Kier molecular flexibility index (Phi) is 4.69. The second-order valence-corrected chi connectivity index (χ2v) is 6.71. The Balaban J connectivity index is 1.58. The van der Waals surface area contributed by atoms with Gasteiger partial charge in [0.15, 0.2) is 0 Å². The lowest BCUT2D eigenvalue weighted by Crippen LogP contribution is -2.26. The zero-order valence-electron chi connectivity index (χ0n) is 14.8. The van der Waals surface area contributed by atoms with Gasteiger partial charge in [-0.2, -0.15) is 0 Å². The molecule has 0 radical (unpaired) electrons. The van der Waals surface area contributed by atoms with Gasteiger partial charge >= 0.3 is 0 Å². The van der Waals surface area contributed by atoms with Crippen molar-refractivity contribution in [1.29, 1.82) is 0 Å². The Morgan fingerprint density at radius 3 is 2.44 bits per heavy atom. The largest absolute Gasteiger partial charge is 0.495 e. The van der Waals surface area contributed by atoms with Crippen LogP contribution < -0.4 is 10.1 Å². The van der Waals surface area contributed by atoms with Crippen molar-refractivity contribution in [3.63, 3.8) is 0 Å². The Morgan fingerprint density at radius 2 is 1.74 bits per heavy atom. The van der Waals surface area contributed by atoms with Crippen LogP contribution in [0.2, 0.25) is 5.15 Å². The van der Waals surface area contributed by atoms with Crippen molar-refractivity contribution in [2.75, 3.05) is 12.4 Å². The fraction of sp³-hybridized carbons (Fsp3) is 0.143. The van der Waals surface area contributed by atoms with E-state index >= 15 is 0 Å². The first kappa shape index (κ1) is 17.4. The van der Waals surface area contributed by atoms with Gasteiger partial charge in [-0.05, 0) is 35.4 Å². The maximum atomic E-state index is 12.9. The summed E-state index contributed by atoms with van der Waals surface area (Å²) in [5, 5.41) is 3.51. The van der Waals surface area contributed by atoms with Crippen LogP contribution >= 0.6 is 11.6 Å². The van der Waals surface area contributed by atoms with E-state index in [2.05, 4.69) is 10.3 Å². The second-order valence-electron chi connectivity index (χ2n) is 6.32. The molecule has 0 unspecified atom stereocenters. The van der Waals surface area contributed by atoms with Crippen LogP contribution in [-0.2, 0) is 13.1 Å². The molecular weight excluding hydrogens is 362 g/mol. The quantitative estimate of drug-likeness (QED) is 0.671. The minimum atomic E-state index is -0.142. The first-order chi connectivity index (χ1) is 13.1. The third kappa shape index (κ3) is 3.59. The van der Waals surface area contributed by atoms with E-state index < -0.39 is 0 Å². The smallest absolute Gasteiger partial charge is 0.273 e. The van der Waals surface area contributed by atoms with E-state index in [1.807, 2.05) is 48.5 Å². The molecule has 2 heterocycles. The lowest BCUT2D eigenvalue weighted by molar-refractivity contribution is 0.0745. The average Bonchev–Trinajstić information content (AvgIpc) is 3.11. The van der Waals surface area contributed by atoms with Crippen molar-refractivity contribution >= 4 is 28.9 Å². The minimum absolute atomic E-state index is 0.142. The zero-order chi connectivity index (χ0) is 18.8. The summed E-state index contributed by atoms with van der Waals surface area (Å²) in [4.78, 5) is 19.0. The molecule has 3 aromatic rings. The highest BCUT2D eigenvalue weighted by molar-refractivity contribution is 6.29. The summed E-state index contributed by atoms with van der Waals surface area (Å²) >= 11 is 6.18. The van der Waals surface area contributed by atoms with Gasteiger partial charge in [0.25, 0.3) is 5.91 Å². The van der Waals surface area contributed by atoms with Crippen molar-refractivity contribution in [2.45, 2.75) is 13.1 Å². The number of aromatic nitrogens is 1. The number of halogens is 1. The summed E-state index contributed by atoms with van der Waals surface area (Å²) in [6, 6.07) is 19.0. The number of amides is 1. The van der Waals surface area contributed by atoms with Crippen LogP contribution in [-0.4, -0.2) is 22.9 Å². The van der Waals surface area contributed by atoms with Crippen LogP contribution in [0, 0.1) is 0 Å². The predicted octanol–water partition coefficient (Wildman–Crippen LogP) is 4.64. The number of fused-ring (bicyclic) bond motifs is 1. The molecule has 0 atom stereocenters. The maximum absolute atomic E-state index is 12.9. The molecule has 5 nitrogen and oxygen atoms in total. The molecule has 0 saturated carbocycles. The molecule has 1 aliphatic heterocycles. The lowest BCUT2D eigenvalue weighted by atomic mass is 10.1. The summed E-state index contributed by atoms with van der Waals surface area (Å²) in [5.74, 6) is 0.560. The molecule has 1 amide bonds. The van der Waals surface area contributed by atoms with Crippen LogP contribution in [0.25, 0.3) is 0 Å². The molecule has 1 aliphatic rings. The molecule has 0 bridgehead atoms. The van der Waals surface area contributed by atoms with E-state index in [9.17, 15) is 4.79 Å². The number of pyridine rings is 1. The van der Waals surface area contributed by atoms with Gasteiger partial charge in [-0.3, -0.25) is 4.79 Å². The van der Waals surface area contributed by atoms with Gasteiger partial charge in [-0.25, -0.2) is 4.98 Å². The molecular formula is C21H18ClN3O2. The van der Waals surface area contributed by atoms with Gasteiger partial charge < -0.3 is 15.0 Å². The van der Waals surface area contributed by atoms with Gasteiger partial charge in [0.05, 0.1) is 12.8 Å². The number of benzene rings is 2. The van der Waals surface area contributed by atoms with Gasteiger partial charge in [-0.15, -0.1) is 0 Å². The van der Waals surface area contributed by atoms with Gasteiger partial charge in [0.2, 0.25) is 0 Å². The number of hydrogen-bond acceptors (Lipinski definition) is 4. The number of rotatable bonds is 4. The molecule has 0 fully saturated rings. The molecule has 6 heteroatoms. The number of methoxy groups -OCH3 is 1. The fourth-order valence-electron chi connectivity index (χ4n) is 3.22. The molecule has 0 spiro atoms. The molecule has 136 valence electrons. The third-order valence-electron chi connectivity index (χ3n) is 4.53. The molecule has 0 aliphatic carbocycles. The van der Waals surface area contributed by atoms with E-state index in [1.165, 1.54) is 11.1 Å². The van der Waals surface area contributed by atoms with Gasteiger partial charge in [-0.1, -0.05) is 48.0 Å². The average molecular weight is 380 g/mol. The summed E-state index contributed by atoms with van der Waals surface area (Å²) in [5.41, 5.74) is 4.11. The van der Waals surface area contributed by atoms with Crippen LogP contribution in [0.5, 0.6) is 5.75 Å². The Bertz CT molecular complexity index is 981. The molecule has 1 aromatic heterocycles. The van der Waals surface area contributed by atoms with Crippen molar-refractivity contribution in [3.05, 3.63) is 82.6 Å². The van der Waals surface area contributed by atoms with E-state index in [-0.39, 0.29) is 11.1 Å². The normalized spacial score (nSPS) is 12.6. The number of nitrogens with one attached hydrogen (secondary N) is 1. The highest BCUT2D eigenvalue weighted by Crippen LogP contribution is 2.29. The highest BCUT2D eigenvalue weighted by atomic mass is 35.5. The second kappa shape index (κ2) is 7.29. The molecule has 27 heavy (non-hydrogen) atoms. The van der Waals surface area contributed by atoms with Crippen molar-refractivity contribution in [3.8, 4) is 5.75 Å². The molecule has 2 aromatic carbocycles. The van der Waals surface area contributed by atoms with Crippen LogP contribution in [0.4, 0.5) is 11.4 Å². The number of para-hydroxylation sites is 2. The SMILES string of the molecule is COc1ccccc1Nc1cc(Cl)nc(C(=O)N2Cc3ccccc3C2)c1. The highest BCUT2D eigenvalue weighted by Gasteiger charge is 2.25. The monoisotopic (exact) mass is 379 g/mol. The summed E-state index contributed by atoms with van der Waals surface area (Å²) < 4.78 is 5.36. The van der Waals surface area contributed by atoms with E-state index in [1.54, 1.807) is 24.1 Å². The van der Waals surface area contributed by atoms with E-state index in [4.69, 9.17) is 16.3 Å². The maximum Gasteiger partial charge on any atom is 0.273 e. The summed E-state index contributed by atoms with van der Waals surface area (Å²) in [6.45, 7) is 1.16. The van der Waals surface area contributed by atoms with Gasteiger partial charge in [0.1, 0.15) is 16.6 Å². The van der Waals surface area contributed by atoms with Crippen molar-refractivity contribution in [2.24, 2.45) is 0 Å². The number of nitrogens with zero attached hydrogens (tertiary/aromatic N) is 2. The summed E-state index contributed by atoms with van der Waals surface area (Å²) in [7, 11) is 1.61. The lowest BCUT2D eigenvalue weighted by Gasteiger charge is -2.16. The first-order valence-electron chi connectivity index (χ1n) is 8.58. The standard InChI is InChI=1S/C21H18ClN3O2/c1-27-19-9-5-4-8-17(19)23-16-10-18(24-20(22)11-16)21(26)25-12-14-6-2-3-7-15(14)13-25/h2-11H,12-13H2,1H3,(H,23,24). The Labute approximate surface area is 162 Å². The van der Waals surface area contributed by atoms with Gasteiger partial charge in [0, 0.05) is 18.8 Å². The molecule has 0 saturated heterocycles. The van der Waals surface area contributed by atoms with Crippen LogP contribution in [0.1, 0.15) is 21.6 Å². The zero-order valence-corrected chi connectivity index (χ0v) is 15.5. The first-order valence-corrected chi connectivity index (χ1v) is 8.95. The number of carbonyl (C=O) groups excluding carboxylic acids is 1. The van der Waals surface area contributed by atoms with E-state index in [0.29, 0.717) is 30.2 Å². The number of carbonyl (C=O) groups is 1. The number of ether oxygens (including phenoxy) is 1. The fourth-order valence-corrected chi connectivity index (χ4v) is 3.43. The van der Waals surface area contributed by atoms with E-state index in [0.717, 1.165) is 5.69 Å². The van der Waals surface area contributed by atoms with Crippen molar-refractivity contribution < 1.29 is 9.53 Å². The predicted molar refractivity (Wildman–Crippen MR) is 106 cm³/mol. The Hall–Kier alpha value is -3.05. The third-order valence-corrected chi connectivity index (χ3v) is 4.72.